The molecule has 0 aliphatic heterocycles. The molecule has 0 radical (unpaired) electrons. The second kappa shape index (κ2) is 5.27. The van der Waals surface area contributed by atoms with Crippen LogP contribution in [0.15, 0.2) is 28.7 Å². The van der Waals surface area contributed by atoms with Gasteiger partial charge in [-0.15, -0.1) is 11.8 Å². The van der Waals surface area contributed by atoms with Gasteiger partial charge in [0, 0.05) is 10.1 Å². The summed E-state index contributed by atoms with van der Waals surface area (Å²) in [5.74, 6) is 6.26. The highest BCUT2D eigenvalue weighted by Gasteiger charge is 2.21. The molecule has 1 aromatic heterocycles. The summed E-state index contributed by atoms with van der Waals surface area (Å²) in [6.07, 6.45) is 0. The van der Waals surface area contributed by atoms with Crippen LogP contribution in [-0.4, -0.2) is 10.7 Å². The molecule has 1 heterocycles. The Balaban J connectivity index is 2.44. The van der Waals surface area contributed by atoms with Gasteiger partial charge >= 0.3 is 0 Å². The van der Waals surface area contributed by atoms with Gasteiger partial charge < -0.3 is 4.42 Å². The minimum absolute atomic E-state index is 0.107. The number of hydrazine groups is 1. The number of carbonyl (C=O) groups is 1. The molecular formula is C14H18N2O2S. The maximum Gasteiger partial charge on any atom is 0.269 e. The number of benzene rings is 1. The zero-order chi connectivity index (χ0) is 14.0. The summed E-state index contributed by atoms with van der Waals surface area (Å²) >= 11 is 1.73. The van der Waals surface area contributed by atoms with Crippen molar-refractivity contribution in [2.75, 3.05) is 0 Å². The van der Waals surface area contributed by atoms with Gasteiger partial charge in [-0.05, 0) is 6.07 Å². The third kappa shape index (κ3) is 3.11. The van der Waals surface area contributed by atoms with Crippen molar-refractivity contribution in [3.8, 4) is 0 Å². The van der Waals surface area contributed by atoms with Gasteiger partial charge in [-0.1, -0.05) is 39.0 Å². The SMILES string of the molecule is CC(C)(C)SCc1oc2ccccc2c1C(=O)NN. The number of furan rings is 1. The van der Waals surface area contributed by atoms with Crippen molar-refractivity contribution in [2.24, 2.45) is 5.84 Å². The van der Waals surface area contributed by atoms with Crippen LogP contribution in [-0.2, 0) is 5.75 Å². The lowest BCUT2D eigenvalue weighted by atomic mass is 10.1. The molecule has 0 saturated heterocycles. The monoisotopic (exact) mass is 278 g/mol. The first kappa shape index (κ1) is 14.0. The molecule has 1 amide bonds. The van der Waals surface area contributed by atoms with Crippen molar-refractivity contribution in [1.29, 1.82) is 0 Å². The molecule has 2 rings (SSSR count). The van der Waals surface area contributed by atoms with Crippen LogP contribution in [0, 0.1) is 0 Å². The van der Waals surface area contributed by atoms with Crippen LogP contribution < -0.4 is 11.3 Å². The van der Waals surface area contributed by atoms with Crippen molar-refractivity contribution in [1.82, 2.24) is 5.43 Å². The topological polar surface area (TPSA) is 68.3 Å². The molecule has 2 aromatic rings. The zero-order valence-corrected chi connectivity index (χ0v) is 12.1. The predicted molar refractivity (Wildman–Crippen MR) is 78.9 cm³/mol. The van der Waals surface area contributed by atoms with Crippen molar-refractivity contribution in [2.45, 2.75) is 31.3 Å². The number of amides is 1. The quantitative estimate of drug-likeness (QED) is 0.514. The first-order chi connectivity index (χ1) is 8.92. The van der Waals surface area contributed by atoms with Crippen LogP contribution in [0.1, 0.15) is 36.9 Å². The molecule has 0 aliphatic carbocycles. The first-order valence-corrected chi connectivity index (χ1v) is 7.06. The molecule has 0 bridgehead atoms. The van der Waals surface area contributed by atoms with Crippen molar-refractivity contribution in [3.05, 3.63) is 35.6 Å². The van der Waals surface area contributed by atoms with E-state index in [0.717, 1.165) is 5.39 Å². The van der Waals surface area contributed by atoms with Crippen LogP contribution in [0.3, 0.4) is 0 Å². The largest absolute Gasteiger partial charge is 0.459 e. The molecule has 1 aromatic carbocycles. The summed E-state index contributed by atoms with van der Waals surface area (Å²) in [4.78, 5) is 11.9. The molecule has 3 N–H and O–H groups in total. The number of hydrogen-bond acceptors (Lipinski definition) is 4. The van der Waals surface area contributed by atoms with Gasteiger partial charge in [0.25, 0.3) is 5.91 Å². The molecule has 0 unspecified atom stereocenters. The van der Waals surface area contributed by atoms with Gasteiger partial charge in [-0.3, -0.25) is 10.2 Å². The van der Waals surface area contributed by atoms with E-state index in [0.29, 0.717) is 22.7 Å². The number of fused-ring (bicyclic) bond motifs is 1. The lowest BCUT2D eigenvalue weighted by Crippen LogP contribution is -2.30. The summed E-state index contributed by atoms with van der Waals surface area (Å²) < 4.78 is 5.89. The van der Waals surface area contributed by atoms with E-state index in [1.54, 1.807) is 11.8 Å². The highest BCUT2D eigenvalue weighted by atomic mass is 32.2. The van der Waals surface area contributed by atoms with Crippen LogP contribution >= 0.6 is 11.8 Å². The number of carbonyl (C=O) groups excluding carboxylic acids is 1. The molecule has 4 nitrogen and oxygen atoms in total. The van der Waals surface area contributed by atoms with Gasteiger partial charge in [-0.25, -0.2) is 5.84 Å². The minimum Gasteiger partial charge on any atom is -0.459 e. The molecule has 102 valence electrons. The van der Waals surface area contributed by atoms with Crippen LogP contribution in [0.4, 0.5) is 0 Å². The fourth-order valence-electron chi connectivity index (χ4n) is 1.80. The lowest BCUT2D eigenvalue weighted by molar-refractivity contribution is 0.0953. The first-order valence-electron chi connectivity index (χ1n) is 6.07. The van der Waals surface area contributed by atoms with Gasteiger partial charge in [0.05, 0.1) is 11.3 Å². The predicted octanol–water partition coefficient (Wildman–Crippen LogP) is 3.07. The highest BCUT2D eigenvalue weighted by molar-refractivity contribution is 7.99. The smallest absolute Gasteiger partial charge is 0.269 e. The lowest BCUT2D eigenvalue weighted by Gasteiger charge is -2.16. The summed E-state index contributed by atoms with van der Waals surface area (Å²) in [6, 6.07) is 7.49. The van der Waals surface area contributed by atoms with E-state index in [4.69, 9.17) is 10.3 Å². The average molecular weight is 278 g/mol. The third-order valence-corrected chi connectivity index (χ3v) is 3.94. The van der Waals surface area contributed by atoms with E-state index in [1.165, 1.54) is 0 Å². The van der Waals surface area contributed by atoms with Crippen molar-refractivity contribution in [3.63, 3.8) is 0 Å². The highest BCUT2D eigenvalue weighted by Crippen LogP contribution is 2.33. The van der Waals surface area contributed by atoms with E-state index in [1.807, 2.05) is 24.3 Å². The van der Waals surface area contributed by atoms with E-state index in [-0.39, 0.29) is 10.7 Å². The normalized spacial score (nSPS) is 11.8. The molecule has 19 heavy (non-hydrogen) atoms. The van der Waals surface area contributed by atoms with Crippen LogP contribution in [0.5, 0.6) is 0 Å². The number of para-hydroxylation sites is 1. The Labute approximate surface area is 116 Å². The summed E-state index contributed by atoms with van der Waals surface area (Å²) in [5.41, 5.74) is 3.44. The fraction of sp³-hybridized carbons (Fsp3) is 0.357. The Morgan fingerprint density at radius 3 is 2.68 bits per heavy atom. The second-order valence-corrected chi connectivity index (χ2v) is 7.07. The maximum atomic E-state index is 11.9. The zero-order valence-electron chi connectivity index (χ0n) is 11.3. The van der Waals surface area contributed by atoms with Gasteiger partial charge in [0.15, 0.2) is 0 Å². The molecule has 0 spiro atoms. The summed E-state index contributed by atoms with van der Waals surface area (Å²) in [7, 11) is 0. The molecule has 0 atom stereocenters. The van der Waals surface area contributed by atoms with E-state index in [2.05, 4.69) is 26.2 Å². The Bertz CT molecular complexity index is 599. The minimum atomic E-state index is -0.311. The van der Waals surface area contributed by atoms with Gasteiger partial charge in [0.2, 0.25) is 0 Å². The van der Waals surface area contributed by atoms with Crippen molar-refractivity contribution >= 4 is 28.6 Å². The molecule has 0 aliphatic rings. The Morgan fingerprint density at radius 2 is 2.05 bits per heavy atom. The Kier molecular flexibility index (Phi) is 3.87. The summed E-state index contributed by atoms with van der Waals surface area (Å²) in [6.45, 7) is 6.38. The third-order valence-electron chi connectivity index (χ3n) is 2.66. The van der Waals surface area contributed by atoms with Crippen molar-refractivity contribution < 1.29 is 9.21 Å². The standard InChI is InChI=1S/C14H18N2O2S/c1-14(2,3)19-8-11-12(13(17)16-15)9-6-4-5-7-10(9)18-11/h4-7H,8,15H2,1-3H3,(H,16,17). The Hall–Kier alpha value is -1.46. The molecular weight excluding hydrogens is 260 g/mol. The molecule has 0 fully saturated rings. The summed E-state index contributed by atoms with van der Waals surface area (Å²) in [5, 5.41) is 0.801. The number of hydrogen-bond donors (Lipinski definition) is 2. The van der Waals surface area contributed by atoms with E-state index < -0.39 is 0 Å². The fourth-order valence-corrected chi connectivity index (χ4v) is 2.57. The van der Waals surface area contributed by atoms with E-state index in [9.17, 15) is 4.79 Å². The molecule has 0 saturated carbocycles. The molecule has 5 heteroatoms. The number of rotatable bonds is 3. The average Bonchev–Trinajstić information content (AvgIpc) is 2.73. The van der Waals surface area contributed by atoms with E-state index >= 15 is 0 Å². The van der Waals surface area contributed by atoms with Gasteiger partial charge in [-0.2, -0.15) is 0 Å². The van der Waals surface area contributed by atoms with Crippen LogP contribution in [0.25, 0.3) is 11.0 Å². The maximum absolute atomic E-state index is 11.9. The van der Waals surface area contributed by atoms with Gasteiger partial charge in [0.1, 0.15) is 11.3 Å². The number of nitrogens with one attached hydrogen (secondary N) is 1. The second-order valence-electron chi connectivity index (χ2n) is 5.27. The number of thioether (sulfide) groups is 1. The van der Waals surface area contributed by atoms with Crippen LogP contribution in [0.2, 0.25) is 0 Å². The Morgan fingerprint density at radius 1 is 1.37 bits per heavy atom. The number of nitrogens with two attached hydrogens (primary N) is 1. The number of nitrogen functional groups attached to an aromatic ring is 1.